The van der Waals surface area contributed by atoms with Gasteiger partial charge in [0.1, 0.15) is 11.5 Å². The first kappa shape index (κ1) is 18.3. The summed E-state index contributed by atoms with van der Waals surface area (Å²) in [7, 11) is 1.88. The zero-order valence-electron chi connectivity index (χ0n) is 16.3. The molecular formula is C23H19FN4O2. The molecule has 0 fully saturated rings. The zero-order valence-corrected chi connectivity index (χ0v) is 16.3. The molecule has 0 N–H and O–H groups in total. The molecule has 1 unspecified atom stereocenters. The van der Waals surface area contributed by atoms with E-state index >= 15 is 0 Å². The van der Waals surface area contributed by atoms with E-state index in [-0.39, 0.29) is 23.4 Å². The van der Waals surface area contributed by atoms with Crippen molar-refractivity contribution in [1.29, 1.82) is 0 Å². The van der Waals surface area contributed by atoms with Gasteiger partial charge in [-0.05, 0) is 41.0 Å². The van der Waals surface area contributed by atoms with Crippen LogP contribution in [-0.2, 0) is 13.6 Å². The summed E-state index contributed by atoms with van der Waals surface area (Å²) in [5.41, 5.74) is 4.56. The van der Waals surface area contributed by atoms with Crippen LogP contribution in [0.25, 0.3) is 11.3 Å². The van der Waals surface area contributed by atoms with Gasteiger partial charge in [0.2, 0.25) is 5.76 Å². The molecule has 5 rings (SSSR count). The van der Waals surface area contributed by atoms with Crippen LogP contribution in [0.5, 0.6) is 0 Å². The van der Waals surface area contributed by atoms with Crippen molar-refractivity contribution in [3.05, 3.63) is 95.3 Å². The van der Waals surface area contributed by atoms with Gasteiger partial charge in [0, 0.05) is 43.9 Å². The molecule has 6 nitrogen and oxygen atoms in total. The van der Waals surface area contributed by atoms with E-state index in [2.05, 4.69) is 16.3 Å². The van der Waals surface area contributed by atoms with Crippen LogP contribution in [0.2, 0.25) is 0 Å². The number of benzene rings is 2. The molecule has 2 aromatic heterocycles. The van der Waals surface area contributed by atoms with E-state index in [1.807, 2.05) is 37.6 Å². The average molecular weight is 402 g/mol. The fourth-order valence-corrected chi connectivity index (χ4v) is 3.96. The highest BCUT2D eigenvalue weighted by Gasteiger charge is 2.31. The summed E-state index contributed by atoms with van der Waals surface area (Å²) in [6.07, 6.45) is 3.83. The maximum atomic E-state index is 13.2. The second kappa shape index (κ2) is 7.26. The quantitative estimate of drug-likeness (QED) is 0.520. The van der Waals surface area contributed by atoms with Crippen LogP contribution in [0.4, 0.5) is 4.39 Å². The number of nitrogens with zero attached hydrogens (tertiary/aromatic N) is 4. The van der Waals surface area contributed by atoms with Gasteiger partial charge in [-0.25, -0.2) is 4.39 Å². The number of aryl methyl sites for hydroxylation is 1. The minimum atomic E-state index is -0.327. The van der Waals surface area contributed by atoms with Crippen molar-refractivity contribution < 1.29 is 13.7 Å². The SMILES string of the molecule is Cn1cc(C2CN(C(=O)c3cc(-c4ccc(F)cc4)no3)Cc3ccccc32)cn1. The van der Waals surface area contributed by atoms with E-state index in [9.17, 15) is 9.18 Å². The fraction of sp³-hybridized carbons (Fsp3) is 0.174. The molecule has 0 spiro atoms. The maximum Gasteiger partial charge on any atom is 0.292 e. The molecule has 1 atom stereocenters. The lowest BCUT2D eigenvalue weighted by Gasteiger charge is -2.33. The Kier molecular flexibility index (Phi) is 4.43. The molecule has 2 aromatic carbocycles. The third-order valence-electron chi connectivity index (χ3n) is 5.47. The van der Waals surface area contributed by atoms with E-state index < -0.39 is 0 Å². The Hall–Kier alpha value is -3.74. The number of carbonyl (C=O) groups excluding carboxylic acids is 1. The number of halogens is 1. The van der Waals surface area contributed by atoms with Crippen molar-refractivity contribution in [3.63, 3.8) is 0 Å². The van der Waals surface area contributed by atoms with Crippen LogP contribution >= 0.6 is 0 Å². The lowest BCUT2D eigenvalue weighted by molar-refractivity contribution is 0.0683. The van der Waals surface area contributed by atoms with Gasteiger partial charge in [-0.3, -0.25) is 9.48 Å². The predicted molar refractivity (Wildman–Crippen MR) is 108 cm³/mol. The molecule has 0 bridgehead atoms. The summed E-state index contributed by atoms with van der Waals surface area (Å²) in [5.74, 6) is -0.350. The van der Waals surface area contributed by atoms with Crippen LogP contribution in [0.3, 0.4) is 0 Å². The first-order chi connectivity index (χ1) is 14.6. The van der Waals surface area contributed by atoms with Gasteiger partial charge < -0.3 is 9.42 Å². The predicted octanol–water partition coefficient (Wildman–Crippen LogP) is 4.00. The van der Waals surface area contributed by atoms with Gasteiger partial charge >= 0.3 is 0 Å². The van der Waals surface area contributed by atoms with Crippen molar-refractivity contribution in [2.24, 2.45) is 7.05 Å². The molecule has 3 heterocycles. The lowest BCUT2D eigenvalue weighted by Crippen LogP contribution is -2.38. The molecule has 150 valence electrons. The molecular weight excluding hydrogens is 383 g/mol. The van der Waals surface area contributed by atoms with Gasteiger partial charge in [0.25, 0.3) is 5.91 Å². The van der Waals surface area contributed by atoms with Gasteiger partial charge in [-0.2, -0.15) is 5.10 Å². The highest BCUT2D eigenvalue weighted by Crippen LogP contribution is 2.34. The first-order valence-corrected chi connectivity index (χ1v) is 9.67. The van der Waals surface area contributed by atoms with Crippen LogP contribution in [0, 0.1) is 5.82 Å². The minimum absolute atomic E-state index is 0.0343. The second-order valence-corrected chi connectivity index (χ2v) is 7.47. The number of aromatic nitrogens is 3. The minimum Gasteiger partial charge on any atom is -0.350 e. The van der Waals surface area contributed by atoms with Crippen molar-refractivity contribution >= 4 is 5.91 Å². The summed E-state index contributed by atoms with van der Waals surface area (Å²) in [4.78, 5) is 15.0. The van der Waals surface area contributed by atoms with Gasteiger partial charge in [0.15, 0.2) is 0 Å². The van der Waals surface area contributed by atoms with Gasteiger partial charge in [-0.1, -0.05) is 29.4 Å². The number of hydrogen-bond donors (Lipinski definition) is 0. The molecule has 0 saturated carbocycles. The maximum absolute atomic E-state index is 13.2. The summed E-state index contributed by atoms with van der Waals surface area (Å²) < 4.78 is 20.3. The topological polar surface area (TPSA) is 64.2 Å². The van der Waals surface area contributed by atoms with Crippen molar-refractivity contribution in [3.8, 4) is 11.3 Å². The first-order valence-electron chi connectivity index (χ1n) is 9.67. The smallest absolute Gasteiger partial charge is 0.292 e. The Morgan fingerprint density at radius 2 is 1.97 bits per heavy atom. The number of amides is 1. The molecule has 1 aliphatic heterocycles. The number of hydrogen-bond acceptors (Lipinski definition) is 4. The standard InChI is InChI=1S/C23H19FN4O2/c1-27-12-17(11-25-27)20-14-28(13-16-4-2-3-5-19(16)20)23(29)22-10-21(26-30-22)15-6-8-18(24)9-7-15/h2-12,20H,13-14H2,1H3. The fourth-order valence-electron chi connectivity index (χ4n) is 3.96. The zero-order chi connectivity index (χ0) is 20.7. The highest BCUT2D eigenvalue weighted by atomic mass is 19.1. The Bertz CT molecular complexity index is 1210. The second-order valence-electron chi connectivity index (χ2n) is 7.47. The van der Waals surface area contributed by atoms with Crippen LogP contribution in [-0.4, -0.2) is 32.3 Å². The largest absolute Gasteiger partial charge is 0.350 e. The lowest BCUT2D eigenvalue weighted by atomic mass is 9.86. The van der Waals surface area contributed by atoms with Gasteiger partial charge in [-0.15, -0.1) is 0 Å². The van der Waals surface area contributed by atoms with Crippen LogP contribution < -0.4 is 0 Å². The van der Waals surface area contributed by atoms with Gasteiger partial charge in [0.05, 0.1) is 6.20 Å². The summed E-state index contributed by atoms with van der Waals surface area (Å²) >= 11 is 0. The third-order valence-corrected chi connectivity index (χ3v) is 5.47. The van der Waals surface area contributed by atoms with Crippen LogP contribution in [0.1, 0.15) is 33.2 Å². The number of rotatable bonds is 3. The average Bonchev–Trinajstić information content (AvgIpc) is 3.42. The molecule has 0 radical (unpaired) electrons. The summed E-state index contributed by atoms with van der Waals surface area (Å²) in [6, 6.07) is 15.7. The molecule has 1 aliphatic rings. The summed E-state index contributed by atoms with van der Waals surface area (Å²) in [6.45, 7) is 1.02. The Balaban J connectivity index is 1.44. The van der Waals surface area contributed by atoms with E-state index in [1.54, 1.807) is 27.8 Å². The Morgan fingerprint density at radius 1 is 1.17 bits per heavy atom. The van der Waals surface area contributed by atoms with Crippen molar-refractivity contribution in [1.82, 2.24) is 19.8 Å². The molecule has 0 aliphatic carbocycles. The van der Waals surface area contributed by atoms with Crippen molar-refractivity contribution in [2.45, 2.75) is 12.5 Å². The third kappa shape index (κ3) is 3.28. The highest BCUT2D eigenvalue weighted by molar-refractivity contribution is 5.92. The number of fused-ring (bicyclic) bond motifs is 1. The van der Waals surface area contributed by atoms with E-state index in [1.165, 1.54) is 17.7 Å². The van der Waals surface area contributed by atoms with E-state index in [0.29, 0.717) is 24.3 Å². The van der Waals surface area contributed by atoms with E-state index in [4.69, 9.17) is 4.52 Å². The van der Waals surface area contributed by atoms with Crippen LogP contribution in [0.15, 0.2) is 71.5 Å². The molecule has 7 heteroatoms. The molecule has 30 heavy (non-hydrogen) atoms. The Labute approximate surface area is 172 Å². The van der Waals surface area contributed by atoms with E-state index in [0.717, 1.165) is 11.1 Å². The van der Waals surface area contributed by atoms with Crippen molar-refractivity contribution in [2.75, 3.05) is 6.54 Å². The molecule has 0 saturated heterocycles. The number of carbonyl (C=O) groups is 1. The normalized spacial score (nSPS) is 15.8. The molecule has 1 amide bonds. The Morgan fingerprint density at radius 3 is 2.73 bits per heavy atom. The monoisotopic (exact) mass is 402 g/mol. The molecule has 4 aromatic rings. The summed E-state index contributed by atoms with van der Waals surface area (Å²) in [5, 5.41) is 8.29.